The van der Waals surface area contributed by atoms with E-state index in [4.69, 9.17) is 18.9 Å². The van der Waals surface area contributed by atoms with Crippen molar-refractivity contribution in [1.82, 2.24) is 29.4 Å². The van der Waals surface area contributed by atoms with E-state index in [-0.39, 0.29) is 0 Å². The van der Waals surface area contributed by atoms with Crippen LogP contribution in [0.15, 0.2) is 0 Å². The molecule has 3 fully saturated rings. The minimum absolute atomic E-state index is 0.505. The molecule has 0 aromatic rings. The summed E-state index contributed by atoms with van der Waals surface area (Å²) in [7, 11) is 12.4. The van der Waals surface area contributed by atoms with Crippen molar-refractivity contribution in [2.24, 2.45) is 0 Å². The van der Waals surface area contributed by atoms with E-state index >= 15 is 0 Å². The van der Waals surface area contributed by atoms with Crippen LogP contribution in [-0.2, 0) is 18.9 Å². The van der Waals surface area contributed by atoms with Crippen LogP contribution in [0.3, 0.4) is 0 Å². The summed E-state index contributed by atoms with van der Waals surface area (Å²) in [5, 5.41) is 0. The Balaban J connectivity index is 1.69. The Kier molecular flexibility index (Phi) is 15.5. The van der Waals surface area contributed by atoms with Crippen LogP contribution in [0.5, 0.6) is 0 Å². The van der Waals surface area contributed by atoms with E-state index in [0.29, 0.717) is 37.4 Å². The Bertz CT molecular complexity index is 649. The summed E-state index contributed by atoms with van der Waals surface area (Å²) in [4.78, 5) is 16.1. The van der Waals surface area contributed by atoms with Crippen LogP contribution in [0.1, 0.15) is 19.3 Å². The molecule has 39 heavy (non-hydrogen) atoms. The van der Waals surface area contributed by atoms with Gasteiger partial charge in [-0.2, -0.15) is 0 Å². The molecule has 3 aliphatic rings. The van der Waals surface area contributed by atoms with E-state index in [1.54, 1.807) is 7.11 Å². The molecule has 3 aliphatic heterocycles. The normalized spacial score (nSPS) is 29.4. The van der Waals surface area contributed by atoms with E-state index in [2.05, 4.69) is 50.5 Å². The lowest BCUT2D eigenvalue weighted by Gasteiger charge is -2.56. The number of hydrogen-bond acceptors (Lipinski definition) is 10. The number of unbranched alkanes of at least 4 members (excludes halogenated alkanes) is 1. The highest BCUT2D eigenvalue weighted by molar-refractivity contribution is 5.02. The van der Waals surface area contributed by atoms with Crippen molar-refractivity contribution in [1.29, 1.82) is 0 Å². The first-order valence-corrected chi connectivity index (χ1v) is 15.3. The molecular formula is C29H60N6O4. The summed E-state index contributed by atoms with van der Waals surface area (Å²) in [6.45, 7) is 16.2. The van der Waals surface area contributed by atoms with Crippen molar-refractivity contribution < 1.29 is 18.9 Å². The van der Waals surface area contributed by atoms with Crippen molar-refractivity contribution in [2.75, 3.05) is 147 Å². The molecule has 230 valence electrons. The van der Waals surface area contributed by atoms with Gasteiger partial charge in [0.25, 0.3) is 0 Å². The number of ether oxygens (including phenoxy) is 4. The third-order valence-electron chi connectivity index (χ3n) is 9.27. The zero-order valence-electron chi connectivity index (χ0n) is 26.1. The highest BCUT2D eigenvalue weighted by Crippen LogP contribution is 2.27. The third kappa shape index (κ3) is 10.4. The summed E-state index contributed by atoms with van der Waals surface area (Å²) in [5.74, 6) is 0. The molecule has 3 heterocycles. The molecule has 0 spiro atoms. The third-order valence-corrected chi connectivity index (χ3v) is 9.27. The largest absolute Gasteiger partial charge is 0.385 e. The Morgan fingerprint density at radius 3 is 1.59 bits per heavy atom. The molecule has 0 aromatic carbocycles. The topological polar surface area (TPSA) is 56.4 Å². The molecule has 0 saturated carbocycles. The highest BCUT2D eigenvalue weighted by atomic mass is 16.5. The van der Waals surface area contributed by atoms with E-state index in [1.165, 1.54) is 6.42 Å². The second-order valence-corrected chi connectivity index (χ2v) is 11.9. The van der Waals surface area contributed by atoms with Gasteiger partial charge >= 0.3 is 0 Å². The zero-order valence-corrected chi connectivity index (χ0v) is 26.1. The maximum Gasteiger partial charge on any atom is 0.0700 e. The first-order chi connectivity index (χ1) is 19.0. The number of piperazine rings is 3. The van der Waals surface area contributed by atoms with Crippen molar-refractivity contribution in [3.63, 3.8) is 0 Å². The van der Waals surface area contributed by atoms with Gasteiger partial charge in [-0.1, -0.05) is 0 Å². The molecule has 4 atom stereocenters. The average Bonchev–Trinajstić information content (AvgIpc) is 2.94. The molecule has 0 aliphatic carbocycles. The van der Waals surface area contributed by atoms with E-state index in [1.807, 2.05) is 14.2 Å². The molecule has 3 rings (SSSR count). The van der Waals surface area contributed by atoms with E-state index < -0.39 is 0 Å². The molecule has 4 unspecified atom stereocenters. The predicted octanol–water partition coefficient (Wildman–Crippen LogP) is 0.329. The molecule has 10 heteroatoms. The van der Waals surface area contributed by atoms with E-state index in [9.17, 15) is 0 Å². The fraction of sp³-hybridized carbons (Fsp3) is 1.00. The standard InChI is InChI=1S/C29H60N6O4/c1-30-12-14-33(11-9-18-37-5)22-26(30)28-24-35(10-7-8-17-36-4)25-29(32(28)3)27-23-34(15-13-31(27)2)16-19-39-21-20-38-6/h26-29H,7-25H2,1-6H3. The van der Waals surface area contributed by atoms with Gasteiger partial charge in [0, 0.05) is 124 Å². The quantitative estimate of drug-likeness (QED) is 0.234. The SMILES string of the molecule is COCCCCN1CC(C2CN(CCCOC)CCN2C)N(C)C(C2CN(CCOCCOC)CCN2C)C1. The molecule has 0 radical (unpaired) electrons. The van der Waals surface area contributed by atoms with Crippen LogP contribution in [0, 0.1) is 0 Å². The summed E-state index contributed by atoms with van der Waals surface area (Å²) < 4.78 is 21.6. The second-order valence-electron chi connectivity index (χ2n) is 11.9. The first kappa shape index (κ1) is 33.1. The van der Waals surface area contributed by atoms with Crippen LogP contribution in [0.4, 0.5) is 0 Å². The Morgan fingerprint density at radius 2 is 1.00 bits per heavy atom. The monoisotopic (exact) mass is 556 g/mol. The number of methoxy groups -OCH3 is 3. The van der Waals surface area contributed by atoms with Crippen LogP contribution < -0.4 is 0 Å². The first-order valence-electron chi connectivity index (χ1n) is 15.3. The van der Waals surface area contributed by atoms with Crippen LogP contribution in [-0.4, -0.2) is 201 Å². The van der Waals surface area contributed by atoms with E-state index in [0.717, 1.165) is 105 Å². The smallest absolute Gasteiger partial charge is 0.0700 e. The Labute approximate surface area is 239 Å². The fourth-order valence-corrected chi connectivity index (χ4v) is 6.69. The van der Waals surface area contributed by atoms with Crippen molar-refractivity contribution in [2.45, 2.75) is 43.4 Å². The van der Waals surface area contributed by atoms with Gasteiger partial charge in [0.15, 0.2) is 0 Å². The van der Waals surface area contributed by atoms with Gasteiger partial charge in [-0.15, -0.1) is 0 Å². The number of nitrogens with zero attached hydrogens (tertiary/aromatic N) is 6. The van der Waals surface area contributed by atoms with Gasteiger partial charge in [0.05, 0.1) is 19.8 Å². The van der Waals surface area contributed by atoms with Gasteiger partial charge in [-0.25, -0.2) is 0 Å². The van der Waals surface area contributed by atoms with Crippen LogP contribution in [0.25, 0.3) is 0 Å². The van der Waals surface area contributed by atoms with Gasteiger partial charge in [0.2, 0.25) is 0 Å². The second kappa shape index (κ2) is 18.2. The predicted molar refractivity (Wildman–Crippen MR) is 158 cm³/mol. The minimum atomic E-state index is 0.505. The van der Waals surface area contributed by atoms with Gasteiger partial charge in [-0.3, -0.25) is 19.6 Å². The minimum Gasteiger partial charge on any atom is -0.385 e. The lowest BCUT2D eigenvalue weighted by atomic mass is 9.92. The number of hydrogen-bond donors (Lipinski definition) is 0. The Morgan fingerprint density at radius 1 is 0.487 bits per heavy atom. The fourth-order valence-electron chi connectivity index (χ4n) is 6.69. The lowest BCUT2D eigenvalue weighted by molar-refractivity contribution is -0.0634. The van der Waals surface area contributed by atoms with Gasteiger partial charge < -0.3 is 28.7 Å². The summed E-state index contributed by atoms with van der Waals surface area (Å²) in [5.41, 5.74) is 0. The van der Waals surface area contributed by atoms with Crippen LogP contribution >= 0.6 is 0 Å². The Hall–Kier alpha value is -0.400. The van der Waals surface area contributed by atoms with Gasteiger partial charge in [0.1, 0.15) is 0 Å². The number of likely N-dealkylation sites (N-methyl/N-ethyl adjacent to an activating group) is 3. The molecule has 10 nitrogen and oxygen atoms in total. The van der Waals surface area contributed by atoms with Crippen molar-refractivity contribution in [3.05, 3.63) is 0 Å². The molecular weight excluding hydrogens is 496 g/mol. The number of rotatable bonds is 17. The van der Waals surface area contributed by atoms with Crippen molar-refractivity contribution in [3.8, 4) is 0 Å². The summed E-state index contributed by atoms with van der Waals surface area (Å²) in [6, 6.07) is 2.07. The molecule has 0 N–H and O–H groups in total. The highest BCUT2D eigenvalue weighted by Gasteiger charge is 2.44. The molecule has 3 saturated heterocycles. The van der Waals surface area contributed by atoms with Crippen LogP contribution in [0.2, 0.25) is 0 Å². The maximum atomic E-state index is 5.81. The maximum absolute atomic E-state index is 5.81. The lowest BCUT2D eigenvalue weighted by Crippen LogP contribution is -2.72. The van der Waals surface area contributed by atoms with Crippen molar-refractivity contribution >= 4 is 0 Å². The molecule has 0 amide bonds. The zero-order chi connectivity index (χ0) is 28.0. The molecule has 0 aromatic heterocycles. The van der Waals surface area contributed by atoms with Gasteiger partial charge in [-0.05, 0) is 47.0 Å². The molecule has 0 bridgehead atoms. The average molecular weight is 557 g/mol. The summed E-state index contributed by atoms with van der Waals surface area (Å²) >= 11 is 0. The summed E-state index contributed by atoms with van der Waals surface area (Å²) in [6.07, 6.45) is 3.45.